The van der Waals surface area contributed by atoms with Crippen molar-refractivity contribution in [2.45, 2.75) is 30.9 Å². The predicted octanol–water partition coefficient (Wildman–Crippen LogP) is 4.90. The molecule has 1 heterocycles. The molecule has 8 heteroatoms. The number of benzene rings is 1. The number of nitrogens with one attached hydrogen (secondary N) is 1. The summed E-state index contributed by atoms with van der Waals surface area (Å²) in [5, 5.41) is 3.86. The van der Waals surface area contributed by atoms with Gasteiger partial charge in [-0.2, -0.15) is 0 Å². The van der Waals surface area contributed by atoms with Crippen molar-refractivity contribution in [1.82, 2.24) is 4.31 Å². The molecule has 1 aromatic carbocycles. The zero-order valence-corrected chi connectivity index (χ0v) is 18.3. The second kappa shape index (κ2) is 12.5. The molecule has 0 spiro atoms. The number of hydrogen-bond acceptors (Lipinski definition) is 6. The standard InChI is InChI=1S/C11H17N3OS2.C7H5FO.C2H6/c1-13-11-8(10(12)15)5-9(16-11)17-14(2)6-7-3-4-7;8-7-4-2-1-3-6(7)5-9;1-2/h5,7,13H,3-4,6H2,1-2H3,(H2,12,15);1-5H;1-2H3. The normalized spacial score (nSPS) is 12.4. The minimum Gasteiger partial charge on any atom is -0.379 e. The Bertz CT molecular complexity index is 764. The Morgan fingerprint density at radius 1 is 1.39 bits per heavy atom. The van der Waals surface area contributed by atoms with Crippen LogP contribution in [0.25, 0.3) is 0 Å². The molecular weight excluding hydrogens is 397 g/mol. The van der Waals surface area contributed by atoms with Crippen molar-refractivity contribution in [2.75, 3.05) is 26.0 Å². The number of anilines is 1. The Morgan fingerprint density at radius 2 is 2.04 bits per heavy atom. The highest BCUT2D eigenvalue weighted by molar-refractivity contribution is 7.99. The number of halogens is 1. The van der Waals surface area contributed by atoms with Gasteiger partial charge in [-0.3, -0.25) is 9.59 Å². The van der Waals surface area contributed by atoms with E-state index in [9.17, 15) is 14.0 Å². The van der Waals surface area contributed by atoms with Crippen LogP contribution < -0.4 is 11.1 Å². The van der Waals surface area contributed by atoms with E-state index < -0.39 is 5.82 Å². The zero-order valence-electron chi connectivity index (χ0n) is 16.7. The molecule has 0 saturated heterocycles. The molecule has 1 amide bonds. The molecule has 0 bridgehead atoms. The highest BCUT2D eigenvalue weighted by Gasteiger charge is 2.23. The minimum atomic E-state index is -0.465. The van der Waals surface area contributed by atoms with Gasteiger partial charge in [-0.1, -0.05) is 26.0 Å². The lowest BCUT2D eigenvalue weighted by Gasteiger charge is -2.12. The number of nitrogens with zero attached hydrogens (tertiary/aromatic N) is 1. The average molecular weight is 426 g/mol. The minimum absolute atomic E-state index is 0.109. The Kier molecular flexibility index (Phi) is 10.8. The lowest BCUT2D eigenvalue weighted by Crippen LogP contribution is -2.12. The first-order chi connectivity index (χ1) is 13.4. The van der Waals surface area contributed by atoms with E-state index in [-0.39, 0.29) is 11.5 Å². The van der Waals surface area contributed by atoms with Crippen LogP contribution in [0.2, 0.25) is 0 Å². The molecule has 1 aliphatic rings. The van der Waals surface area contributed by atoms with Gasteiger partial charge in [0.05, 0.1) is 15.3 Å². The van der Waals surface area contributed by atoms with Crippen molar-refractivity contribution >= 4 is 40.5 Å². The summed E-state index contributed by atoms with van der Waals surface area (Å²) in [7, 11) is 3.90. The van der Waals surface area contributed by atoms with E-state index in [2.05, 4.69) is 16.7 Å². The maximum atomic E-state index is 12.4. The summed E-state index contributed by atoms with van der Waals surface area (Å²) in [5.74, 6) is 0.0293. The van der Waals surface area contributed by atoms with Gasteiger partial charge >= 0.3 is 0 Å². The van der Waals surface area contributed by atoms with Gasteiger partial charge in [0.2, 0.25) is 0 Å². The molecule has 3 rings (SSSR count). The van der Waals surface area contributed by atoms with Crippen LogP contribution in [0.1, 0.15) is 47.4 Å². The molecule has 1 aliphatic carbocycles. The number of aldehydes is 1. The van der Waals surface area contributed by atoms with Crippen molar-refractivity contribution in [3.8, 4) is 0 Å². The van der Waals surface area contributed by atoms with Gasteiger partial charge in [-0.25, -0.2) is 8.70 Å². The number of thiophene rings is 1. The number of nitrogens with two attached hydrogens (primary N) is 1. The fraction of sp³-hybridized carbons (Fsp3) is 0.400. The molecule has 1 aromatic heterocycles. The van der Waals surface area contributed by atoms with Gasteiger partial charge in [0.1, 0.15) is 10.8 Å². The van der Waals surface area contributed by atoms with Crippen molar-refractivity contribution in [3.05, 3.63) is 47.3 Å². The molecule has 0 radical (unpaired) electrons. The summed E-state index contributed by atoms with van der Waals surface area (Å²) in [6.45, 7) is 5.11. The van der Waals surface area contributed by atoms with Crippen LogP contribution in [-0.4, -0.2) is 37.1 Å². The molecule has 0 unspecified atom stereocenters. The molecule has 5 nitrogen and oxygen atoms in total. The highest BCUT2D eigenvalue weighted by Crippen LogP contribution is 2.38. The Labute approximate surface area is 174 Å². The van der Waals surface area contributed by atoms with Crippen LogP contribution in [0.15, 0.2) is 34.5 Å². The topological polar surface area (TPSA) is 75.4 Å². The molecule has 1 saturated carbocycles. The van der Waals surface area contributed by atoms with Crippen LogP contribution in [-0.2, 0) is 0 Å². The molecule has 154 valence electrons. The average Bonchev–Trinajstić information content (AvgIpc) is 3.40. The largest absolute Gasteiger partial charge is 0.379 e. The van der Waals surface area contributed by atoms with Crippen molar-refractivity contribution < 1.29 is 14.0 Å². The third-order valence-corrected chi connectivity index (χ3v) is 5.87. The second-order valence-electron chi connectivity index (χ2n) is 5.91. The first-order valence-corrected chi connectivity index (χ1v) is 10.7. The molecular formula is C20H28FN3O2S2. The zero-order chi connectivity index (χ0) is 21.1. The first kappa shape index (κ1) is 24.1. The maximum absolute atomic E-state index is 12.4. The van der Waals surface area contributed by atoms with Crippen LogP contribution >= 0.6 is 23.3 Å². The van der Waals surface area contributed by atoms with E-state index in [1.165, 1.54) is 25.0 Å². The van der Waals surface area contributed by atoms with Gasteiger partial charge in [0, 0.05) is 13.6 Å². The van der Waals surface area contributed by atoms with Crippen LogP contribution in [0, 0.1) is 11.7 Å². The number of carbonyl (C=O) groups excluding carboxylic acids is 2. The molecule has 1 fully saturated rings. The third-order valence-electron chi connectivity index (χ3n) is 3.69. The van der Waals surface area contributed by atoms with Gasteiger partial charge in [0.15, 0.2) is 6.29 Å². The summed E-state index contributed by atoms with van der Waals surface area (Å²) in [5.41, 5.74) is 6.02. The summed E-state index contributed by atoms with van der Waals surface area (Å²) in [4.78, 5) is 21.2. The Hall–Kier alpha value is -1.90. The lowest BCUT2D eigenvalue weighted by atomic mass is 10.2. The van der Waals surface area contributed by atoms with E-state index in [1.54, 1.807) is 42.5 Å². The molecule has 3 N–H and O–H groups in total. The van der Waals surface area contributed by atoms with Crippen LogP contribution in [0.3, 0.4) is 0 Å². The Balaban J connectivity index is 0.000000301. The second-order valence-corrected chi connectivity index (χ2v) is 8.46. The molecule has 2 aromatic rings. The fourth-order valence-corrected chi connectivity index (χ4v) is 4.50. The van der Waals surface area contributed by atoms with Crippen LogP contribution in [0.4, 0.5) is 9.39 Å². The van der Waals surface area contributed by atoms with E-state index in [0.29, 0.717) is 11.8 Å². The van der Waals surface area contributed by atoms with Crippen molar-refractivity contribution in [2.24, 2.45) is 11.7 Å². The number of primary amides is 1. The molecule has 0 atom stereocenters. The number of hydrogen-bond donors (Lipinski definition) is 2. The lowest BCUT2D eigenvalue weighted by molar-refractivity contribution is 0.100. The fourth-order valence-electron chi connectivity index (χ4n) is 2.21. The smallest absolute Gasteiger partial charge is 0.251 e. The Morgan fingerprint density at radius 3 is 2.46 bits per heavy atom. The van der Waals surface area contributed by atoms with Gasteiger partial charge in [-0.15, -0.1) is 11.3 Å². The van der Waals surface area contributed by atoms with Gasteiger partial charge in [-0.05, 0) is 56.0 Å². The third kappa shape index (κ3) is 8.00. The first-order valence-electron chi connectivity index (χ1n) is 9.14. The van der Waals surface area contributed by atoms with Crippen molar-refractivity contribution in [1.29, 1.82) is 0 Å². The number of carbonyl (C=O) groups is 2. The van der Waals surface area contributed by atoms with Gasteiger partial charge < -0.3 is 11.1 Å². The summed E-state index contributed by atoms with van der Waals surface area (Å²) in [6, 6.07) is 7.72. The van der Waals surface area contributed by atoms with Crippen molar-refractivity contribution in [3.63, 3.8) is 0 Å². The van der Waals surface area contributed by atoms with E-state index in [1.807, 2.05) is 19.9 Å². The predicted molar refractivity (Wildman–Crippen MR) is 117 cm³/mol. The van der Waals surface area contributed by atoms with E-state index in [0.717, 1.165) is 21.7 Å². The quantitative estimate of drug-likeness (QED) is 0.487. The number of rotatable bonds is 7. The molecule has 0 aliphatic heterocycles. The summed E-state index contributed by atoms with van der Waals surface area (Å²) in [6.07, 6.45) is 3.20. The van der Waals surface area contributed by atoms with Crippen LogP contribution in [0.5, 0.6) is 0 Å². The van der Waals surface area contributed by atoms with E-state index >= 15 is 0 Å². The number of amides is 1. The highest BCUT2D eigenvalue weighted by atomic mass is 32.2. The van der Waals surface area contributed by atoms with Gasteiger partial charge in [0.25, 0.3) is 5.91 Å². The monoisotopic (exact) mass is 425 g/mol. The summed E-state index contributed by atoms with van der Waals surface area (Å²) >= 11 is 3.26. The maximum Gasteiger partial charge on any atom is 0.251 e. The summed E-state index contributed by atoms with van der Waals surface area (Å²) < 4.78 is 15.7. The van der Waals surface area contributed by atoms with E-state index in [4.69, 9.17) is 5.73 Å². The molecule has 28 heavy (non-hydrogen) atoms. The SMILES string of the molecule is CC.CNc1sc(SN(C)CC2CC2)cc1C(N)=O.O=Cc1ccccc1F.